The zero-order valence-corrected chi connectivity index (χ0v) is 11.8. The van der Waals surface area contributed by atoms with Gasteiger partial charge in [0.1, 0.15) is 0 Å². The quantitative estimate of drug-likeness (QED) is 0.848. The third-order valence-electron chi connectivity index (χ3n) is 4.14. The SMILES string of the molecule is CCCC1C(=O)NC(=O)CC1c1cccc(C)c1C. The highest BCUT2D eigenvalue weighted by atomic mass is 16.2. The standard InChI is InChI=1S/C16H21NO2/c1-4-6-13-14(9-15(18)17-16(13)19)12-8-5-7-10(2)11(12)3/h5,7-8,13-14H,4,6,9H2,1-3H3,(H,17,18,19). The van der Waals surface area contributed by atoms with Crippen molar-refractivity contribution >= 4 is 11.8 Å². The number of carbonyl (C=O) groups is 2. The van der Waals surface area contributed by atoms with Gasteiger partial charge in [-0.05, 0) is 37.0 Å². The molecule has 1 aliphatic rings. The smallest absolute Gasteiger partial charge is 0.230 e. The summed E-state index contributed by atoms with van der Waals surface area (Å²) in [7, 11) is 0. The van der Waals surface area contributed by atoms with Gasteiger partial charge in [-0.1, -0.05) is 31.5 Å². The van der Waals surface area contributed by atoms with Crippen LogP contribution in [-0.2, 0) is 9.59 Å². The number of nitrogens with one attached hydrogen (secondary N) is 1. The zero-order chi connectivity index (χ0) is 14.0. The average Bonchev–Trinajstić information content (AvgIpc) is 2.36. The zero-order valence-electron chi connectivity index (χ0n) is 11.8. The number of benzene rings is 1. The molecule has 0 bridgehead atoms. The van der Waals surface area contributed by atoms with E-state index in [-0.39, 0.29) is 23.7 Å². The van der Waals surface area contributed by atoms with Crippen LogP contribution >= 0.6 is 0 Å². The van der Waals surface area contributed by atoms with Crippen LogP contribution in [0.25, 0.3) is 0 Å². The predicted octanol–water partition coefficient (Wildman–Crippen LogP) is 2.85. The van der Waals surface area contributed by atoms with Crippen LogP contribution in [0.4, 0.5) is 0 Å². The van der Waals surface area contributed by atoms with Crippen LogP contribution in [0.15, 0.2) is 18.2 Å². The maximum absolute atomic E-state index is 12.0. The van der Waals surface area contributed by atoms with Gasteiger partial charge in [-0.2, -0.15) is 0 Å². The number of aryl methyl sites for hydroxylation is 1. The molecule has 3 heteroatoms. The summed E-state index contributed by atoms with van der Waals surface area (Å²) in [6.07, 6.45) is 2.20. The fourth-order valence-corrected chi connectivity index (χ4v) is 2.95. The van der Waals surface area contributed by atoms with E-state index < -0.39 is 0 Å². The predicted molar refractivity (Wildman–Crippen MR) is 74.8 cm³/mol. The lowest BCUT2D eigenvalue weighted by atomic mass is 9.76. The fraction of sp³-hybridized carbons (Fsp3) is 0.500. The highest BCUT2D eigenvalue weighted by Crippen LogP contribution is 2.36. The first-order valence-electron chi connectivity index (χ1n) is 6.94. The topological polar surface area (TPSA) is 46.2 Å². The summed E-state index contributed by atoms with van der Waals surface area (Å²) in [6.45, 7) is 6.22. The number of amides is 2. The summed E-state index contributed by atoms with van der Waals surface area (Å²) in [5, 5.41) is 2.47. The number of piperidine rings is 1. The molecule has 19 heavy (non-hydrogen) atoms. The van der Waals surface area contributed by atoms with Crippen LogP contribution in [-0.4, -0.2) is 11.8 Å². The van der Waals surface area contributed by atoms with E-state index in [1.165, 1.54) is 11.1 Å². The number of carbonyl (C=O) groups excluding carboxylic acids is 2. The van der Waals surface area contributed by atoms with E-state index in [4.69, 9.17) is 0 Å². The van der Waals surface area contributed by atoms with Crippen molar-refractivity contribution in [2.75, 3.05) is 0 Å². The Labute approximate surface area is 114 Å². The minimum Gasteiger partial charge on any atom is -0.296 e. The van der Waals surface area contributed by atoms with Crippen molar-refractivity contribution in [2.45, 2.75) is 46.0 Å². The molecule has 0 radical (unpaired) electrons. The lowest BCUT2D eigenvalue weighted by molar-refractivity contribution is -0.137. The van der Waals surface area contributed by atoms with Gasteiger partial charge in [0, 0.05) is 18.3 Å². The van der Waals surface area contributed by atoms with E-state index in [0.717, 1.165) is 18.4 Å². The van der Waals surface area contributed by atoms with Crippen molar-refractivity contribution in [3.63, 3.8) is 0 Å². The van der Waals surface area contributed by atoms with Crippen molar-refractivity contribution < 1.29 is 9.59 Å². The largest absolute Gasteiger partial charge is 0.296 e. The highest BCUT2D eigenvalue weighted by Gasteiger charge is 2.36. The van der Waals surface area contributed by atoms with Gasteiger partial charge in [-0.25, -0.2) is 0 Å². The minimum absolute atomic E-state index is 0.0288. The van der Waals surface area contributed by atoms with E-state index in [1.54, 1.807) is 0 Å². The molecule has 2 unspecified atom stereocenters. The van der Waals surface area contributed by atoms with E-state index in [2.05, 4.69) is 38.2 Å². The summed E-state index contributed by atoms with van der Waals surface area (Å²) >= 11 is 0. The number of hydrogen-bond donors (Lipinski definition) is 1. The van der Waals surface area contributed by atoms with Gasteiger partial charge in [-0.15, -0.1) is 0 Å². The third-order valence-corrected chi connectivity index (χ3v) is 4.14. The molecular formula is C16H21NO2. The van der Waals surface area contributed by atoms with Crippen LogP contribution in [0.1, 0.15) is 48.8 Å². The molecule has 0 spiro atoms. The van der Waals surface area contributed by atoms with Gasteiger partial charge >= 0.3 is 0 Å². The van der Waals surface area contributed by atoms with Crippen molar-refractivity contribution in [1.29, 1.82) is 0 Å². The maximum Gasteiger partial charge on any atom is 0.230 e. The Hall–Kier alpha value is -1.64. The first-order valence-corrected chi connectivity index (χ1v) is 6.94. The molecule has 2 amide bonds. The van der Waals surface area contributed by atoms with Gasteiger partial charge in [0.2, 0.25) is 11.8 Å². The Balaban J connectivity index is 2.40. The molecule has 0 aliphatic carbocycles. The van der Waals surface area contributed by atoms with Gasteiger partial charge in [0.25, 0.3) is 0 Å². The van der Waals surface area contributed by atoms with E-state index in [1.807, 2.05) is 6.07 Å². The summed E-state index contributed by atoms with van der Waals surface area (Å²) in [4.78, 5) is 23.7. The average molecular weight is 259 g/mol. The summed E-state index contributed by atoms with van der Waals surface area (Å²) < 4.78 is 0. The van der Waals surface area contributed by atoms with Crippen molar-refractivity contribution in [1.82, 2.24) is 5.32 Å². The fourth-order valence-electron chi connectivity index (χ4n) is 2.95. The molecule has 1 aromatic carbocycles. The maximum atomic E-state index is 12.0. The van der Waals surface area contributed by atoms with Gasteiger partial charge in [0.15, 0.2) is 0 Å². The van der Waals surface area contributed by atoms with Crippen LogP contribution in [0.2, 0.25) is 0 Å². The normalized spacial score (nSPS) is 23.3. The molecule has 1 aliphatic heterocycles. The second-order valence-corrected chi connectivity index (χ2v) is 5.41. The van der Waals surface area contributed by atoms with E-state index in [0.29, 0.717) is 6.42 Å². The second kappa shape index (κ2) is 5.55. The molecule has 102 valence electrons. The van der Waals surface area contributed by atoms with Crippen LogP contribution in [0.5, 0.6) is 0 Å². The van der Waals surface area contributed by atoms with Crippen LogP contribution in [0.3, 0.4) is 0 Å². The summed E-state index contributed by atoms with van der Waals surface area (Å²) in [5.41, 5.74) is 3.57. The van der Waals surface area contributed by atoms with Crippen molar-refractivity contribution in [3.05, 3.63) is 34.9 Å². The van der Waals surface area contributed by atoms with Gasteiger partial charge < -0.3 is 0 Å². The molecular weight excluding hydrogens is 238 g/mol. The first-order chi connectivity index (χ1) is 9.04. The molecule has 3 nitrogen and oxygen atoms in total. The lowest BCUT2D eigenvalue weighted by Gasteiger charge is -2.31. The monoisotopic (exact) mass is 259 g/mol. The first kappa shape index (κ1) is 13.8. The molecule has 2 atom stereocenters. The van der Waals surface area contributed by atoms with E-state index in [9.17, 15) is 9.59 Å². The van der Waals surface area contributed by atoms with Crippen molar-refractivity contribution in [2.24, 2.45) is 5.92 Å². The van der Waals surface area contributed by atoms with Crippen LogP contribution < -0.4 is 5.32 Å². The molecule has 2 rings (SSSR count). The molecule has 0 saturated carbocycles. The van der Waals surface area contributed by atoms with Crippen molar-refractivity contribution in [3.8, 4) is 0 Å². The molecule has 1 heterocycles. The molecule has 1 fully saturated rings. The third kappa shape index (κ3) is 2.70. The Morgan fingerprint density at radius 2 is 2.00 bits per heavy atom. The van der Waals surface area contributed by atoms with Gasteiger partial charge in [-0.3, -0.25) is 14.9 Å². The highest BCUT2D eigenvalue weighted by molar-refractivity contribution is 5.99. The van der Waals surface area contributed by atoms with E-state index >= 15 is 0 Å². The number of rotatable bonds is 3. The number of imide groups is 1. The summed E-state index contributed by atoms with van der Waals surface area (Å²) in [6, 6.07) is 6.14. The molecule has 0 aromatic heterocycles. The Morgan fingerprint density at radius 1 is 1.26 bits per heavy atom. The summed E-state index contributed by atoms with van der Waals surface area (Å²) in [5.74, 6) is -0.309. The molecule has 1 saturated heterocycles. The Kier molecular flexibility index (Phi) is 4.03. The van der Waals surface area contributed by atoms with Gasteiger partial charge in [0.05, 0.1) is 0 Å². The van der Waals surface area contributed by atoms with Crippen LogP contribution in [0, 0.1) is 19.8 Å². The number of hydrogen-bond acceptors (Lipinski definition) is 2. The Bertz CT molecular complexity index is 507. The minimum atomic E-state index is -0.150. The molecule has 1 aromatic rings. The lowest BCUT2D eigenvalue weighted by Crippen LogP contribution is -2.44. The second-order valence-electron chi connectivity index (χ2n) is 5.41. The molecule has 1 N–H and O–H groups in total. The Morgan fingerprint density at radius 3 is 2.68 bits per heavy atom.